The summed E-state index contributed by atoms with van der Waals surface area (Å²) in [6.07, 6.45) is 20.9. The van der Waals surface area contributed by atoms with Crippen LogP contribution in [0.15, 0.2) is 58.8 Å². The van der Waals surface area contributed by atoms with Gasteiger partial charge < -0.3 is 9.47 Å². The molecular formula is C32H49BrN2O2. The van der Waals surface area contributed by atoms with Gasteiger partial charge in [0.2, 0.25) is 0 Å². The lowest BCUT2D eigenvalue weighted by atomic mass is 10.1. The molecule has 5 heteroatoms. The highest BCUT2D eigenvalue weighted by molar-refractivity contribution is 9.09. The van der Waals surface area contributed by atoms with Crippen LogP contribution in [0.4, 0.5) is 11.4 Å². The van der Waals surface area contributed by atoms with Gasteiger partial charge >= 0.3 is 0 Å². The zero-order valence-electron chi connectivity index (χ0n) is 23.1. The quantitative estimate of drug-likeness (QED) is 0.0754. The van der Waals surface area contributed by atoms with Crippen LogP contribution >= 0.6 is 15.9 Å². The van der Waals surface area contributed by atoms with Crippen molar-refractivity contribution in [2.24, 2.45) is 10.2 Å². The molecule has 0 radical (unpaired) electrons. The Morgan fingerprint density at radius 2 is 0.838 bits per heavy atom. The number of hydrogen-bond donors (Lipinski definition) is 0. The van der Waals surface area contributed by atoms with Crippen molar-refractivity contribution in [3.63, 3.8) is 0 Å². The second kappa shape index (κ2) is 22.1. The third kappa shape index (κ3) is 16.5. The minimum atomic E-state index is 0.777. The Morgan fingerprint density at radius 1 is 0.486 bits per heavy atom. The Morgan fingerprint density at radius 3 is 1.22 bits per heavy atom. The Hall–Kier alpha value is -1.88. The Balaban J connectivity index is 1.53. The van der Waals surface area contributed by atoms with E-state index in [2.05, 4.69) is 33.1 Å². The third-order valence-corrected chi connectivity index (χ3v) is 7.08. The lowest BCUT2D eigenvalue weighted by molar-refractivity contribution is 0.304. The molecule has 0 N–H and O–H groups in total. The number of halogens is 1. The molecule has 0 aliphatic carbocycles. The zero-order valence-corrected chi connectivity index (χ0v) is 24.7. The molecule has 0 spiro atoms. The Bertz CT molecular complexity index is 809. The summed E-state index contributed by atoms with van der Waals surface area (Å²) < 4.78 is 11.7. The largest absolute Gasteiger partial charge is 0.494 e. The first-order valence-corrected chi connectivity index (χ1v) is 15.9. The monoisotopic (exact) mass is 572 g/mol. The SMILES string of the molecule is CCCCCCCCOc1ccc(N=Nc2ccc(OCCCCCCCCCCCCBr)cc2)cc1. The highest BCUT2D eigenvalue weighted by Crippen LogP contribution is 2.23. The summed E-state index contributed by atoms with van der Waals surface area (Å²) in [5.74, 6) is 1.79. The van der Waals surface area contributed by atoms with E-state index < -0.39 is 0 Å². The number of rotatable bonds is 23. The maximum Gasteiger partial charge on any atom is 0.119 e. The van der Waals surface area contributed by atoms with E-state index in [4.69, 9.17) is 9.47 Å². The van der Waals surface area contributed by atoms with Crippen molar-refractivity contribution in [2.75, 3.05) is 18.5 Å². The van der Waals surface area contributed by atoms with Crippen LogP contribution < -0.4 is 9.47 Å². The van der Waals surface area contributed by atoms with E-state index in [1.54, 1.807) is 0 Å². The van der Waals surface area contributed by atoms with Gasteiger partial charge in [0.25, 0.3) is 0 Å². The van der Waals surface area contributed by atoms with Crippen LogP contribution in [-0.2, 0) is 0 Å². The standard InChI is InChI=1S/C32H49BrN2O2/c1-2-3-4-5-13-16-27-36-31-22-18-29(19-23-31)34-35-30-20-24-32(25-21-30)37-28-17-14-11-9-7-6-8-10-12-15-26-33/h18-25H,2-17,26-28H2,1H3. The van der Waals surface area contributed by atoms with Crippen molar-refractivity contribution in [1.82, 2.24) is 0 Å². The molecule has 206 valence electrons. The molecule has 4 nitrogen and oxygen atoms in total. The average Bonchev–Trinajstić information content (AvgIpc) is 2.93. The lowest BCUT2D eigenvalue weighted by Gasteiger charge is -2.06. The second-order valence-electron chi connectivity index (χ2n) is 9.88. The second-order valence-corrected chi connectivity index (χ2v) is 10.7. The van der Waals surface area contributed by atoms with Gasteiger partial charge in [-0.2, -0.15) is 10.2 Å². The van der Waals surface area contributed by atoms with E-state index in [1.165, 1.54) is 89.9 Å². The van der Waals surface area contributed by atoms with E-state index in [0.29, 0.717) is 0 Å². The van der Waals surface area contributed by atoms with Gasteiger partial charge in [-0.05, 0) is 67.8 Å². The normalized spacial score (nSPS) is 11.3. The fourth-order valence-corrected chi connectivity index (χ4v) is 4.60. The van der Waals surface area contributed by atoms with Gasteiger partial charge in [-0.1, -0.05) is 106 Å². The molecule has 0 heterocycles. The van der Waals surface area contributed by atoms with Crippen LogP contribution in [0.3, 0.4) is 0 Å². The molecule has 2 aromatic rings. The van der Waals surface area contributed by atoms with E-state index >= 15 is 0 Å². The van der Waals surface area contributed by atoms with Gasteiger partial charge in [0, 0.05) is 5.33 Å². The molecule has 0 unspecified atom stereocenters. The number of hydrogen-bond acceptors (Lipinski definition) is 4. The van der Waals surface area contributed by atoms with Crippen molar-refractivity contribution < 1.29 is 9.47 Å². The van der Waals surface area contributed by atoms with Crippen molar-refractivity contribution in [3.05, 3.63) is 48.5 Å². The van der Waals surface area contributed by atoms with Gasteiger partial charge in [-0.25, -0.2) is 0 Å². The van der Waals surface area contributed by atoms with Crippen LogP contribution in [0.25, 0.3) is 0 Å². The molecule has 0 bridgehead atoms. The molecule has 0 aliphatic rings. The fraction of sp³-hybridized carbons (Fsp3) is 0.625. The Kier molecular flexibility index (Phi) is 18.7. The van der Waals surface area contributed by atoms with Crippen LogP contribution in [-0.4, -0.2) is 18.5 Å². The topological polar surface area (TPSA) is 43.2 Å². The summed E-state index contributed by atoms with van der Waals surface area (Å²) >= 11 is 3.50. The molecule has 2 aromatic carbocycles. The summed E-state index contributed by atoms with van der Waals surface area (Å²) in [5.41, 5.74) is 1.64. The van der Waals surface area contributed by atoms with Crippen molar-refractivity contribution in [1.29, 1.82) is 0 Å². The van der Waals surface area contributed by atoms with Gasteiger partial charge in [0.05, 0.1) is 24.6 Å². The van der Waals surface area contributed by atoms with E-state index in [1.807, 2.05) is 48.5 Å². The summed E-state index contributed by atoms with van der Waals surface area (Å²) in [5, 5.41) is 9.85. The van der Waals surface area contributed by atoms with Crippen molar-refractivity contribution in [3.8, 4) is 11.5 Å². The first-order chi connectivity index (χ1) is 18.3. The number of nitrogens with zero attached hydrogens (tertiary/aromatic N) is 2. The molecule has 37 heavy (non-hydrogen) atoms. The summed E-state index contributed by atoms with van der Waals surface area (Å²) in [6.45, 7) is 3.80. The smallest absolute Gasteiger partial charge is 0.119 e. The van der Waals surface area contributed by atoms with E-state index in [0.717, 1.165) is 54.3 Å². The number of ether oxygens (including phenoxy) is 2. The number of azo groups is 1. The predicted octanol–water partition coefficient (Wildman–Crippen LogP) is 11.5. The maximum absolute atomic E-state index is 5.89. The average molecular weight is 574 g/mol. The molecule has 0 saturated carbocycles. The van der Waals surface area contributed by atoms with Crippen LogP contribution in [0.1, 0.15) is 110 Å². The predicted molar refractivity (Wildman–Crippen MR) is 161 cm³/mol. The summed E-state index contributed by atoms with van der Waals surface area (Å²) in [4.78, 5) is 0. The van der Waals surface area contributed by atoms with Gasteiger partial charge in [0.15, 0.2) is 0 Å². The molecule has 0 fully saturated rings. The molecule has 0 aliphatic heterocycles. The molecule has 0 saturated heterocycles. The molecule has 0 amide bonds. The minimum Gasteiger partial charge on any atom is -0.494 e. The maximum atomic E-state index is 5.89. The zero-order chi connectivity index (χ0) is 26.2. The highest BCUT2D eigenvalue weighted by Gasteiger charge is 1.99. The molecule has 2 rings (SSSR count). The van der Waals surface area contributed by atoms with Gasteiger partial charge in [0.1, 0.15) is 11.5 Å². The number of benzene rings is 2. The lowest BCUT2D eigenvalue weighted by Crippen LogP contribution is -1.97. The van der Waals surface area contributed by atoms with E-state index in [-0.39, 0.29) is 0 Å². The summed E-state index contributed by atoms with van der Waals surface area (Å²) in [6, 6.07) is 15.7. The first kappa shape index (κ1) is 31.3. The highest BCUT2D eigenvalue weighted by atomic mass is 79.9. The van der Waals surface area contributed by atoms with Crippen LogP contribution in [0.5, 0.6) is 11.5 Å². The molecule has 0 atom stereocenters. The third-order valence-electron chi connectivity index (χ3n) is 6.52. The van der Waals surface area contributed by atoms with Gasteiger partial charge in [-0.3, -0.25) is 0 Å². The molecule has 0 aromatic heterocycles. The first-order valence-electron chi connectivity index (χ1n) is 14.7. The van der Waals surface area contributed by atoms with Crippen molar-refractivity contribution >= 4 is 27.3 Å². The van der Waals surface area contributed by atoms with Crippen LogP contribution in [0, 0.1) is 0 Å². The van der Waals surface area contributed by atoms with Crippen molar-refractivity contribution in [2.45, 2.75) is 110 Å². The number of unbranched alkanes of at least 4 members (excludes halogenated alkanes) is 14. The van der Waals surface area contributed by atoms with Gasteiger partial charge in [-0.15, -0.1) is 0 Å². The van der Waals surface area contributed by atoms with E-state index in [9.17, 15) is 0 Å². The fourth-order valence-electron chi connectivity index (χ4n) is 4.21. The summed E-state index contributed by atoms with van der Waals surface area (Å²) in [7, 11) is 0. The minimum absolute atomic E-state index is 0.777. The Labute approximate surface area is 234 Å². The van der Waals surface area contributed by atoms with Crippen LogP contribution in [0.2, 0.25) is 0 Å². The molecular weight excluding hydrogens is 524 g/mol. The number of alkyl halides is 1.